The molecule has 166 valence electrons. The number of sulfonamides is 1. The third-order valence-corrected chi connectivity index (χ3v) is 7.95. The summed E-state index contributed by atoms with van der Waals surface area (Å²) in [6, 6.07) is 6.09. The molecule has 1 heterocycles. The molecule has 0 radical (unpaired) electrons. The van der Waals surface area contributed by atoms with Crippen LogP contribution in [-0.2, 0) is 14.8 Å². The summed E-state index contributed by atoms with van der Waals surface area (Å²) in [5, 5.41) is 3.55. The fourth-order valence-corrected chi connectivity index (χ4v) is 5.97. The third-order valence-electron chi connectivity index (χ3n) is 5.73. The van der Waals surface area contributed by atoms with Gasteiger partial charge in [-0.2, -0.15) is 4.31 Å². The van der Waals surface area contributed by atoms with Gasteiger partial charge in [0, 0.05) is 30.1 Å². The van der Waals surface area contributed by atoms with Crippen LogP contribution in [0.15, 0.2) is 29.2 Å². The van der Waals surface area contributed by atoms with Gasteiger partial charge in [0.25, 0.3) is 0 Å². The van der Waals surface area contributed by atoms with Crippen molar-refractivity contribution in [1.82, 2.24) is 9.62 Å². The second-order valence-electron chi connectivity index (χ2n) is 7.65. The van der Waals surface area contributed by atoms with Gasteiger partial charge in [0.1, 0.15) is 0 Å². The van der Waals surface area contributed by atoms with Crippen LogP contribution in [0.5, 0.6) is 0 Å². The zero-order valence-electron chi connectivity index (χ0n) is 15.7. The molecular formula is C22H37ClN2O3S. The predicted octanol–water partition coefficient (Wildman–Crippen LogP) is 5.24. The first-order valence-corrected chi connectivity index (χ1v) is 11.9. The standard InChI is InChI=1S/C20H29ClN2O3S.2CH4/c21-17-10-12-19(13-11-17)27(25,26)23-14-6-9-18(23)15-22-20(24)16-7-4-2-1-3-5-8-16;;/h10-13,16,18H,1-9,14-15H2,(H,22,24);2*1H4. The van der Waals surface area contributed by atoms with Crippen LogP contribution in [0.25, 0.3) is 0 Å². The molecule has 1 aliphatic heterocycles. The highest BCUT2D eigenvalue weighted by Gasteiger charge is 2.35. The number of hydrogen-bond acceptors (Lipinski definition) is 3. The maximum absolute atomic E-state index is 13.0. The zero-order valence-corrected chi connectivity index (χ0v) is 17.3. The van der Waals surface area contributed by atoms with Crippen LogP contribution in [-0.4, -0.2) is 37.8 Å². The second-order valence-corrected chi connectivity index (χ2v) is 9.98. The van der Waals surface area contributed by atoms with Gasteiger partial charge in [-0.15, -0.1) is 0 Å². The number of nitrogens with zero attached hydrogens (tertiary/aromatic N) is 1. The van der Waals surface area contributed by atoms with Crippen LogP contribution in [0.2, 0.25) is 5.02 Å². The fraction of sp³-hybridized carbons (Fsp3) is 0.682. The van der Waals surface area contributed by atoms with E-state index in [1.165, 1.54) is 23.6 Å². The van der Waals surface area contributed by atoms with E-state index in [9.17, 15) is 13.2 Å². The van der Waals surface area contributed by atoms with E-state index in [1.54, 1.807) is 24.3 Å². The van der Waals surface area contributed by atoms with Gasteiger partial charge in [0.15, 0.2) is 0 Å². The molecule has 5 nitrogen and oxygen atoms in total. The normalized spacial score (nSPS) is 21.3. The Morgan fingerprint density at radius 1 is 0.966 bits per heavy atom. The van der Waals surface area contributed by atoms with Crippen molar-refractivity contribution in [2.75, 3.05) is 13.1 Å². The maximum atomic E-state index is 13.0. The first-order valence-electron chi connectivity index (χ1n) is 10.0. The fourth-order valence-electron chi connectivity index (χ4n) is 4.15. The van der Waals surface area contributed by atoms with Gasteiger partial charge in [0.2, 0.25) is 15.9 Å². The Morgan fingerprint density at radius 3 is 2.17 bits per heavy atom. The predicted molar refractivity (Wildman–Crippen MR) is 121 cm³/mol. The molecule has 2 fully saturated rings. The molecule has 1 aliphatic carbocycles. The Labute approximate surface area is 182 Å². The Morgan fingerprint density at radius 2 is 1.55 bits per heavy atom. The molecule has 2 aliphatic rings. The van der Waals surface area contributed by atoms with Crippen molar-refractivity contribution in [2.45, 2.75) is 83.6 Å². The quantitative estimate of drug-likeness (QED) is 0.675. The van der Waals surface area contributed by atoms with E-state index in [0.29, 0.717) is 18.1 Å². The van der Waals surface area contributed by atoms with Crippen LogP contribution in [0.3, 0.4) is 0 Å². The lowest BCUT2D eigenvalue weighted by Crippen LogP contribution is -2.44. The van der Waals surface area contributed by atoms with Gasteiger partial charge >= 0.3 is 0 Å². The van der Waals surface area contributed by atoms with Crippen LogP contribution >= 0.6 is 11.6 Å². The van der Waals surface area contributed by atoms with Crippen molar-refractivity contribution in [1.29, 1.82) is 0 Å². The SMILES string of the molecule is C.C.O=C(NCC1CCCN1S(=O)(=O)c1ccc(Cl)cc1)C1CCCCCCC1. The highest BCUT2D eigenvalue weighted by molar-refractivity contribution is 7.89. The van der Waals surface area contributed by atoms with E-state index in [0.717, 1.165) is 38.5 Å². The van der Waals surface area contributed by atoms with Crippen molar-refractivity contribution < 1.29 is 13.2 Å². The number of benzene rings is 1. The molecule has 3 rings (SSSR count). The molecule has 1 aromatic carbocycles. The maximum Gasteiger partial charge on any atom is 0.243 e. The summed E-state index contributed by atoms with van der Waals surface area (Å²) in [6.45, 7) is 0.886. The highest BCUT2D eigenvalue weighted by atomic mass is 35.5. The van der Waals surface area contributed by atoms with E-state index in [4.69, 9.17) is 11.6 Å². The molecule has 1 atom stereocenters. The van der Waals surface area contributed by atoms with Crippen molar-refractivity contribution in [3.05, 3.63) is 29.3 Å². The van der Waals surface area contributed by atoms with E-state index >= 15 is 0 Å². The van der Waals surface area contributed by atoms with E-state index in [2.05, 4.69) is 5.32 Å². The van der Waals surface area contributed by atoms with Gasteiger partial charge < -0.3 is 5.32 Å². The van der Waals surface area contributed by atoms with Crippen molar-refractivity contribution in [2.24, 2.45) is 5.92 Å². The second kappa shape index (κ2) is 11.9. The van der Waals surface area contributed by atoms with Crippen molar-refractivity contribution in [3.63, 3.8) is 0 Å². The minimum absolute atomic E-state index is 0. The molecule has 0 aromatic heterocycles. The molecule has 1 saturated carbocycles. The molecule has 0 spiro atoms. The number of carbonyl (C=O) groups is 1. The molecule has 7 heteroatoms. The van der Waals surface area contributed by atoms with Crippen LogP contribution in [0.4, 0.5) is 0 Å². The van der Waals surface area contributed by atoms with E-state index < -0.39 is 10.0 Å². The summed E-state index contributed by atoms with van der Waals surface area (Å²) >= 11 is 5.87. The van der Waals surface area contributed by atoms with Gasteiger partial charge in [0.05, 0.1) is 4.90 Å². The molecule has 0 bridgehead atoms. The van der Waals surface area contributed by atoms with Gasteiger partial charge in [-0.1, -0.05) is 58.6 Å². The van der Waals surface area contributed by atoms with Gasteiger partial charge in [-0.3, -0.25) is 4.79 Å². The van der Waals surface area contributed by atoms with Crippen LogP contribution < -0.4 is 5.32 Å². The lowest BCUT2D eigenvalue weighted by molar-refractivity contribution is -0.125. The summed E-state index contributed by atoms with van der Waals surface area (Å²) in [6.07, 6.45) is 9.39. The number of amides is 1. The van der Waals surface area contributed by atoms with Gasteiger partial charge in [-0.05, 0) is 49.9 Å². The summed E-state index contributed by atoms with van der Waals surface area (Å²) in [5.41, 5.74) is 0. The Kier molecular flexibility index (Phi) is 10.7. The monoisotopic (exact) mass is 444 g/mol. The molecule has 1 aromatic rings. The average Bonchev–Trinajstić information content (AvgIpc) is 3.09. The van der Waals surface area contributed by atoms with Crippen molar-refractivity contribution in [3.8, 4) is 0 Å². The minimum Gasteiger partial charge on any atom is -0.354 e. The number of carbonyl (C=O) groups excluding carboxylic acids is 1. The number of rotatable bonds is 5. The number of halogens is 1. The zero-order chi connectivity index (χ0) is 19.3. The minimum atomic E-state index is -3.56. The lowest BCUT2D eigenvalue weighted by atomic mass is 9.90. The topological polar surface area (TPSA) is 66.5 Å². The largest absolute Gasteiger partial charge is 0.354 e. The summed E-state index contributed by atoms with van der Waals surface area (Å²) in [4.78, 5) is 12.8. The first-order chi connectivity index (χ1) is 13.0. The Bertz CT molecular complexity index is 729. The third kappa shape index (κ3) is 6.69. The average molecular weight is 445 g/mol. The Hall–Kier alpha value is -1.11. The molecule has 1 N–H and O–H groups in total. The highest BCUT2D eigenvalue weighted by Crippen LogP contribution is 2.27. The molecule has 1 saturated heterocycles. The molecule has 29 heavy (non-hydrogen) atoms. The number of hydrogen-bond donors (Lipinski definition) is 1. The number of nitrogens with one attached hydrogen (secondary N) is 1. The first kappa shape index (κ1) is 25.9. The summed E-state index contributed by atoms with van der Waals surface area (Å²) in [5.74, 6) is 0.167. The van der Waals surface area contributed by atoms with Crippen LogP contribution in [0.1, 0.15) is 72.6 Å². The van der Waals surface area contributed by atoms with Crippen molar-refractivity contribution >= 4 is 27.5 Å². The molecule has 1 amide bonds. The summed E-state index contributed by atoms with van der Waals surface area (Å²) < 4.78 is 27.4. The van der Waals surface area contributed by atoms with E-state index in [1.807, 2.05) is 0 Å². The smallest absolute Gasteiger partial charge is 0.243 e. The summed E-state index contributed by atoms with van der Waals surface area (Å²) in [7, 11) is -3.56. The van der Waals surface area contributed by atoms with Gasteiger partial charge in [-0.25, -0.2) is 8.42 Å². The lowest BCUT2D eigenvalue weighted by Gasteiger charge is -2.26. The molecular weight excluding hydrogens is 408 g/mol. The molecule has 1 unspecified atom stereocenters. The van der Waals surface area contributed by atoms with E-state index in [-0.39, 0.29) is 37.6 Å². The van der Waals surface area contributed by atoms with Crippen LogP contribution in [0, 0.1) is 5.92 Å². The Balaban J connectivity index is 0.00000210.